The Morgan fingerprint density at radius 1 is 1.33 bits per heavy atom. The largest absolute Gasteiger partial charge is 0.385 e. The molecule has 0 spiro atoms. The minimum Gasteiger partial charge on any atom is -0.385 e. The summed E-state index contributed by atoms with van der Waals surface area (Å²) in [4.78, 5) is 14.1. The number of hydrogen-bond donors (Lipinski definition) is 1. The molecule has 21 heavy (non-hydrogen) atoms. The number of benzene rings is 1. The zero-order valence-electron chi connectivity index (χ0n) is 12.5. The molecule has 116 valence electrons. The number of nitrogens with one attached hydrogen (secondary N) is 1. The zero-order valence-corrected chi connectivity index (χ0v) is 13.3. The van der Waals surface area contributed by atoms with Gasteiger partial charge in [-0.25, -0.2) is 8.42 Å². The SMILES string of the molecule is CCCNc1ccc(C(=O)N2CCS(=O)(=O)CC2C)cc1. The molecule has 1 N–H and O–H groups in total. The predicted molar refractivity (Wildman–Crippen MR) is 84.4 cm³/mol. The topological polar surface area (TPSA) is 66.5 Å². The molecular formula is C15H22N2O3S. The van der Waals surface area contributed by atoms with Crippen molar-refractivity contribution in [1.82, 2.24) is 4.90 Å². The van der Waals surface area contributed by atoms with Crippen molar-refractivity contribution in [3.8, 4) is 0 Å². The summed E-state index contributed by atoms with van der Waals surface area (Å²) in [5.41, 5.74) is 1.59. The van der Waals surface area contributed by atoms with Gasteiger partial charge in [-0.3, -0.25) is 4.79 Å². The van der Waals surface area contributed by atoms with Crippen molar-refractivity contribution in [2.75, 3.05) is 29.9 Å². The summed E-state index contributed by atoms with van der Waals surface area (Å²) in [6.07, 6.45) is 1.04. The quantitative estimate of drug-likeness (QED) is 0.920. The van der Waals surface area contributed by atoms with Crippen LogP contribution in [0.4, 0.5) is 5.69 Å². The molecule has 2 rings (SSSR count). The molecule has 1 saturated heterocycles. The number of amides is 1. The second-order valence-electron chi connectivity index (χ2n) is 5.47. The van der Waals surface area contributed by atoms with Gasteiger partial charge >= 0.3 is 0 Å². The molecule has 0 radical (unpaired) electrons. The van der Waals surface area contributed by atoms with E-state index in [1.165, 1.54) is 0 Å². The minimum absolute atomic E-state index is 0.0505. The molecule has 1 unspecified atom stereocenters. The third kappa shape index (κ3) is 3.97. The summed E-state index contributed by atoms with van der Waals surface area (Å²) in [5.74, 6) is 0.00752. The smallest absolute Gasteiger partial charge is 0.254 e. The lowest BCUT2D eigenvalue weighted by Crippen LogP contribution is -2.49. The Labute approximate surface area is 126 Å². The number of rotatable bonds is 4. The van der Waals surface area contributed by atoms with Crippen LogP contribution in [0.15, 0.2) is 24.3 Å². The van der Waals surface area contributed by atoms with Gasteiger partial charge in [0.15, 0.2) is 9.84 Å². The molecule has 1 atom stereocenters. The molecule has 1 amide bonds. The van der Waals surface area contributed by atoms with Gasteiger partial charge in [0.25, 0.3) is 5.91 Å². The summed E-state index contributed by atoms with van der Waals surface area (Å²) in [7, 11) is -3.00. The van der Waals surface area contributed by atoms with Crippen molar-refractivity contribution in [2.45, 2.75) is 26.3 Å². The van der Waals surface area contributed by atoms with E-state index < -0.39 is 9.84 Å². The fraction of sp³-hybridized carbons (Fsp3) is 0.533. The molecule has 0 saturated carbocycles. The van der Waals surface area contributed by atoms with Crippen LogP contribution in [0.5, 0.6) is 0 Å². The number of nitrogens with zero attached hydrogens (tertiary/aromatic N) is 1. The van der Waals surface area contributed by atoms with E-state index in [4.69, 9.17) is 0 Å². The average Bonchev–Trinajstić information content (AvgIpc) is 2.44. The molecule has 1 aromatic rings. The highest BCUT2D eigenvalue weighted by molar-refractivity contribution is 7.91. The Morgan fingerprint density at radius 2 is 2.00 bits per heavy atom. The summed E-state index contributed by atoms with van der Waals surface area (Å²) in [6.45, 7) is 5.05. The monoisotopic (exact) mass is 310 g/mol. The first-order valence-electron chi connectivity index (χ1n) is 7.28. The van der Waals surface area contributed by atoms with Gasteiger partial charge in [0.05, 0.1) is 11.5 Å². The molecule has 0 bridgehead atoms. The Hall–Kier alpha value is -1.56. The Morgan fingerprint density at radius 3 is 2.57 bits per heavy atom. The second kappa shape index (κ2) is 6.47. The van der Waals surface area contributed by atoms with Gasteiger partial charge < -0.3 is 10.2 Å². The summed E-state index contributed by atoms with van der Waals surface area (Å²) in [6, 6.07) is 7.07. The van der Waals surface area contributed by atoms with Crippen LogP contribution in [0.3, 0.4) is 0 Å². The van der Waals surface area contributed by atoms with Gasteiger partial charge in [0, 0.05) is 30.4 Å². The maximum atomic E-state index is 12.5. The Balaban J connectivity index is 2.06. The fourth-order valence-electron chi connectivity index (χ4n) is 2.47. The first kappa shape index (κ1) is 15.8. The molecular weight excluding hydrogens is 288 g/mol. The van der Waals surface area contributed by atoms with Gasteiger partial charge in [0.2, 0.25) is 0 Å². The van der Waals surface area contributed by atoms with Crippen LogP contribution in [0.25, 0.3) is 0 Å². The normalized spacial score (nSPS) is 21.0. The summed E-state index contributed by atoms with van der Waals surface area (Å²) >= 11 is 0. The first-order valence-corrected chi connectivity index (χ1v) is 9.10. The number of carbonyl (C=O) groups is 1. The van der Waals surface area contributed by atoms with Crippen molar-refractivity contribution in [1.29, 1.82) is 0 Å². The molecule has 0 aromatic heterocycles. The van der Waals surface area contributed by atoms with Crippen LogP contribution in [-0.2, 0) is 9.84 Å². The van der Waals surface area contributed by atoms with Crippen LogP contribution >= 0.6 is 0 Å². The second-order valence-corrected chi connectivity index (χ2v) is 7.69. The number of hydrogen-bond acceptors (Lipinski definition) is 4. The van der Waals surface area contributed by atoms with Crippen LogP contribution in [0.2, 0.25) is 0 Å². The highest BCUT2D eigenvalue weighted by atomic mass is 32.2. The van der Waals surface area contributed by atoms with E-state index in [1.807, 2.05) is 12.1 Å². The molecule has 5 nitrogen and oxygen atoms in total. The predicted octanol–water partition coefficient (Wildman–Crippen LogP) is 1.77. The first-order chi connectivity index (χ1) is 9.93. The third-order valence-electron chi connectivity index (χ3n) is 3.64. The van der Waals surface area contributed by atoms with Crippen LogP contribution < -0.4 is 5.32 Å². The van der Waals surface area contributed by atoms with Gasteiger partial charge in [-0.05, 0) is 37.6 Å². The van der Waals surface area contributed by atoms with Crippen molar-refractivity contribution >= 4 is 21.4 Å². The molecule has 6 heteroatoms. The summed E-state index contributed by atoms with van der Waals surface area (Å²) in [5, 5.41) is 3.26. The van der Waals surface area contributed by atoms with E-state index in [2.05, 4.69) is 12.2 Å². The highest BCUT2D eigenvalue weighted by Crippen LogP contribution is 2.17. The summed E-state index contributed by atoms with van der Waals surface area (Å²) < 4.78 is 23.1. The third-order valence-corrected chi connectivity index (χ3v) is 5.44. The Kier molecular flexibility index (Phi) is 4.88. The number of carbonyl (C=O) groups excluding carboxylic acids is 1. The average molecular weight is 310 g/mol. The number of anilines is 1. The molecule has 1 aliphatic heterocycles. The molecule has 1 aliphatic rings. The van der Waals surface area contributed by atoms with Crippen molar-refractivity contribution in [2.24, 2.45) is 0 Å². The maximum Gasteiger partial charge on any atom is 0.254 e. The van der Waals surface area contributed by atoms with Crippen molar-refractivity contribution in [3.63, 3.8) is 0 Å². The van der Waals surface area contributed by atoms with E-state index in [1.54, 1.807) is 24.0 Å². The number of sulfone groups is 1. The van der Waals surface area contributed by atoms with Gasteiger partial charge in [-0.2, -0.15) is 0 Å². The van der Waals surface area contributed by atoms with E-state index in [-0.39, 0.29) is 30.0 Å². The molecule has 1 fully saturated rings. The van der Waals surface area contributed by atoms with Crippen LogP contribution in [-0.4, -0.2) is 49.9 Å². The van der Waals surface area contributed by atoms with E-state index in [9.17, 15) is 13.2 Å². The van der Waals surface area contributed by atoms with Crippen LogP contribution in [0.1, 0.15) is 30.6 Å². The van der Waals surface area contributed by atoms with Gasteiger partial charge in [0.1, 0.15) is 0 Å². The molecule has 1 heterocycles. The van der Waals surface area contributed by atoms with E-state index in [0.717, 1.165) is 18.7 Å². The van der Waals surface area contributed by atoms with E-state index in [0.29, 0.717) is 5.56 Å². The molecule has 0 aliphatic carbocycles. The standard InChI is InChI=1S/C15H22N2O3S/c1-3-8-16-14-6-4-13(5-7-14)15(18)17-9-10-21(19,20)11-12(17)2/h4-7,12,16H,3,8-11H2,1-2H3. The van der Waals surface area contributed by atoms with E-state index >= 15 is 0 Å². The lowest BCUT2D eigenvalue weighted by atomic mass is 10.1. The molecule has 1 aromatic carbocycles. The fourth-order valence-corrected chi connectivity index (χ4v) is 4.02. The van der Waals surface area contributed by atoms with Crippen LogP contribution in [0, 0.1) is 0 Å². The zero-order chi connectivity index (χ0) is 15.5. The lowest BCUT2D eigenvalue weighted by molar-refractivity contribution is 0.0712. The lowest BCUT2D eigenvalue weighted by Gasteiger charge is -2.33. The van der Waals surface area contributed by atoms with Gasteiger partial charge in [-0.1, -0.05) is 6.92 Å². The Bertz CT molecular complexity index is 596. The maximum absolute atomic E-state index is 12.5. The van der Waals surface area contributed by atoms with Crippen molar-refractivity contribution in [3.05, 3.63) is 29.8 Å². The van der Waals surface area contributed by atoms with Crippen molar-refractivity contribution < 1.29 is 13.2 Å². The van der Waals surface area contributed by atoms with Gasteiger partial charge in [-0.15, -0.1) is 0 Å². The minimum atomic E-state index is -3.00. The highest BCUT2D eigenvalue weighted by Gasteiger charge is 2.31.